The maximum Gasteiger partial charge on any atom is 0.146 e. The van der Waals surface area contributed by atoms with Crippen molar-refractivity contribution >= 4 is 27.5 Å². The summed E-state index contributed by atoms with van der Waals surface area (Å²) >= 11 is 9.17. The SMILES string of the molecule is Cc1cc(Br)ccc1Oc1cncc(CCl)c1. The highest BCUT2D eigenvalue weighted by Crippen LogP contribution is 2.27. The summed E-state index contributed by atoms with van der Waals surface area (Å²) in [5.74, 6) is 1.96. The lowest BCUT2D eigenvalue weighted by atomic mass is 10.2. The van der Waals surface area contributed by atoms with E-state index in [1.165, 1.54) is 0 Å². The van der Waals surface area contributed by atoms with Gasteiger partial charge in [-0.2, -0.15) is 0 Å². The first-order valence-electron chi connectivity index (χ1n) is 5.13. The van der Waals surface area contributed by atoms with Crippen LogP contribution in [-0.4, -0.2) is 4.98 Å². The van der Waals surface area contributed by atoms with Crippen molar-refractivity contribution in [1.82, 2.24) is 4.98 Å². The van der Waals surface area contributed by atoms with Crippen LogP contribution < -0.4 is 4.74 Å². The molecule has 0 N–H and O–H groups in total. The number of alkyl halides is 1. The van der Waals surface area contributed by atoms with Crippen molar-refractivity contribution in [2.24, 2.45) is 0 Å². The number of nitrogens with zero attached hydrogens (tertiary/aromatic N) is 1. The van der Waals surface area contributed by atoms with Gasteiger partial charge >= 0.3 is 0 Å². The standard InChI is InChI=1S/C13H11BrClNO/c1-9-4-11(14)2-3-13(9)17-12-5-10(6-15)7-16-8-12/h2-5,7-8H,6H2,1H3. The number of hydrogen-bond acceptors (Lipinski definition) is 2. The van der Waals surface area contributed by atoms with Gasteiger partial charge in [0.1, 0.15) is 11.5 Å². The minimum Gasteiger partial charge on any atom is -0.455 e. The van der Waals surface area contributed by atoms with Gasteiger partial charge in [-0.05, 0) is 42.3 Å². The highest BCUT2D eigenvalue weighted by molar-refractivity contribution is 9.10. The van der Waals surface area contributed by atoms with Crippen LogP contribution in [0.4, 0.5) is 0 Å². The second-order valence-electron chi connectivity index (χ2n) is 3.67. The summed E-state index contributed by atoms with van der Waals surface area (Å²) in [5, 5.41) is 0. The quantitative estimate of drug-likeness (QED) is 0.767. The van der Waals surface area contributed by atoms with E-state index in [1.807, 2.05) is 31.2 Å². The molecule has 0 spiro atoms. The van der Waals surface area contributed by atoms with Gasteiger partial charge in [-0.1, -0.05) is 15.9 Å². The lowest BCUT2D eigenvalue weighted by Crippen LogP contribution is -1.90. The predicted molar refractivity (Wildman–Crippen MR) is 72.7 cm³/mol. The molecule has 88 valence electrons. The number of benzene rings is 1. The molecule has 0 unspecified atom stereocenters. The monoisotopic (exact) mass is 311 g/mol. The molecule has 0 aliphatic carbocycles. The molecule has 0 bridgehead atoms. The van der Waals surface area contributed by atoms with Crippen molar-refractivity contribution in [3.63, 3.8) is 0 Å². The number of pyridine rings is 1. The Morgan fingerprint density at radius 2 is 2.12 bits per heavy atom. The van der Waals surface area contributed by atoms with E-state index in [4.69, 9.17) is 16.3 Å². The van der Waals surface area contributed by atoms with Crippen molar-refractivity contribution in [2.45, 2.75) is 12.8 Å². The Bertz CT molecular complexity index is 531. The van der Waals surface area contributed by atoms with Gasteiger partial charge < -0.3 is 4.74 Å². The molecule has 0 atom stereocenters. The summed E-state index contributed by atoms with van der Waals surface area (Å²) in [7, 11) is 0. The maximum absolute atomic E-state index is 5.76. The summed E-state index contributed by atoms with van der Waals surface area (Å²) in [4.78, 5) is 4.08. The Morgan fingerprint density at radius 3 is 2.82 bits per heavy atom. The summed E-state index contributed by atoms with van der Waals surface area (Å²) < 4.78 is 6.80. The molecule has 1 aromatic heterocycles. The Hall–Kier alpha value is -1.06. The third-order valence-corrected chi connectivity index (χ3v) is 3.09. The molecular weight excluding hydrogens is 302 g/mol. The van der Waals surface area contributed by atoms with Crippen LogP contribution in [0.5, 0.6) is 11.5 Å². The molecule has 0 radical (unpaired) electrons. The van der Waals surface area contributed by atoms with Gasteiger partial charge in [-0.3, -0.25) is 4.98 Å². The second-order valence-corrected chi connectivity index (χ2v) is 4.86. The van der Waals surface area contributed by atoms with Gasteiger partial charge in [-0.25, -0.2) is 0 Å². The largest absolute Gasteiger partial charge is 0.455 e. The molecule has 0 aliphatic heterocycles. The minimum atomic E-state index is 0.434. The van der Waals surface area contributed by atoms with Gasteiger partial charge in [0.15, 0.2) is 0 Å². The molecule has 0 saturated heterocycles. The molecule has 0 aliphatic rings. The van der Waals surface area contributed by atoms with E-state index < -0.39 is 0 Å². The molecule has 0 fully saturated rings. The van der Waals surface area contributed by atoms with Crippen molar-refractivity contribution in [1.29, 1.82) is 0 Å². The van der Waals surface area contributed by atoms with E-state index in [0.29, 0.717) is 11.6 Å². The number of hydrogen-bond donors (Lipinski definition) is 0. The fourth-order valence-electron chi connectivity index (χ4n) is 1.45. The van der Waals surface area contributed by atoms with Crippen molar-refractivity contribution in [3.05, 3.63) is 52.3 Å². The topological polar surface area (TPSA) is 22.1 Å². The Morgan fingerprint density at radius 1 is 1.29 bits per heavy atom. The summed E-state index contributed by atoms with van der Waals surface area (Å²) in [6.07, 6.45) is 3.41. The summed E-state index contributed by atoms with van der Waals surface area (Å²) in [6.45, 7) is 2.00. The summed E-state index contributed by atoms with van der Waals surface area (Å²) in [5.41, 5.74) is 2.01. The van der Waals surface area contributed by atoms with E-state index in [2.05, 4.69) is 20.9 Å². The molecule has 0 amide bonds. The normalized spacial score (nSPS) is 10.3. The Labute approximate surface area is 114 Å². The highest BCUT2D eigenvalue weighted by Gasteiger charge is 2.03. The zero-order chi connectivity index (χ0) is 12.3. The fourth-order valence-corrected chi connectivity index (χ4v) is 2.07. The zero-order valence-electron chi connectivity index (χ0n) is 9.28. The van der Waals surface area contributed by atoms with E-state index in [1.54, 1.807) is 12.4 Å². The number of aromatic nitrogens is 1. The van der Waals surface area contributed by atoms with Crippen LogP contribution in [0.15, 0.2) is 41.1 Å². The van der Waals surface area contributed by atoms with E-state index in [-0.39, 0.29) is 0 Å². The van der Waals surface area contributed by atoms with Crippen LogP contribution in [0.1, 0.15) is 11.1 Å². The smallest absolute Gasteiger partial charge is 0.146 e. The maximum atomic E-state index is 5.76. The molecule has 0 saturated carbocycles. The summed E-state index contributed by atoms with van der Waals surface area (Å²) in [6, 6.07) is 7.77. The van der Waals surface area contributed by atoms with Gasteiger partial charge in [0, 0.05) is 16.5 Å². The lowest BCUT2D eigenvalue weighted by Gasteiger charge is -2.09. The van der Waals surface area contributed by atoms with Crippen LogP contribution in [0, 0.1) is 6.92 Å². The number of aryl methyl sites for hydroxylation is 1. The van der Waals surface area contributed by atoms with E-state index in [0.717, 1.165) is 21.3 Å². The molecule has 1 heterocycles. The van der Waals surface area contributed by atoms with Gasteiger partial charge in [0.25, 0.3) is 0 Å². The van der Waals surface area contributed by atoms with Crippen LogP contribution in [0.3, 0.4) is 0 Å². The van der Waals surface area contributed by atoms with Crippen LogP contribution in [0.2, 0.25) is 0 Å². The molecular formula is C13H11BrClNO. The average molecular weight is 313 g/mol. The van der Waals surface area contributed by atoms with Gasteiger partial charge in [0.2, 0.25) is 0 Å². The van der Waals surface area contributed by atoms with Gasteiger partial charge in [0.05, 0.1) is 6.20 Å². The Balaban J connectivity index is 2.25. The van der Waals surface area contributed by atoms with Crippen LogP contribution in [-0.2, 0) is 5.88 Å². The average Bonchev–Trinajstić information content (AvgIpc) is 2.33. The minimum absolute atomic E-state index is 0.434. The van der Waals surface area contributed by atoms with E-state index in [9.17, 15) is 0 Å². The molecule has 4 heteroatoms. The zero-order valence-corrected chi connectivity index (χ0v) is 11.6. The molecule has 2 rings (SSSR count). The predicted octanol–water partition coefficient (Wildman–Crippen LogP) is 4.68. The Kier molecular flexibility index (Phi) is 4.02. The lowest BCUT2D eigenvalue weighted by molar-refractivity contribution is 0.476. The van der Waals surface area contributed by atoms with Crippen molar-refractivity contribution < 1.29 is 4.74 Å². The number of halogens is 2. The molecule has 2 nitrogen and oxygen atoms in total. The third kappa shape index (κ3) is 3.20. The first-order valence-corrected chi connectivity index (χ1v) is 6.45. The fraction of sp³-hybridized carbons (Fsp3) is 0.154. The third-order valence-electron chi connectivity index (χ3n) is 2.29. The molecule has 2 aromatic rings. The van der Waals surface area contributed by atoms with E-state index >= 15 is 0 Å². The highest BCUT2D eigenvalue weighted by atomic mass is 79.9. The number of ether oxygens (including phenoxy) is 1. The van der Waals surface area contributed by atoms with Crippen molar-refractivity contribution in [2.75, 3.05) is 0 Å². The van der Waals surface area contributed by atoms with Crippen LogP contribution >= 0.6 is 27.5 Å². The van der Waals surface area contributed by atoms with Crippen molar-refractivity contribution in [3.8, 4) is 11.5 Å². The first-order chi connectivity index (χ1) is 8.19. The van der Waals surface area contributed by atoms with Gasteiger partial charge in [-0.15, -0.1) is 11.6 Å². The first kappa shape index (κ1) is 12.4. The number of rotatable bonds is 3. The van der Waals surface area contributed by atoms with Crippen LogP contribution in [0.25, 0.3) is 0 Å². The molecule has 17 heavy (non-hydrogen) atoms. The molecule has 1 aromatic carbocycles. The second kappa shape index (κ2) is 5.52.